The van der Waals surface area contributed by atoms with Gasteiger partial charge in [0.2, 0.25) is 9.84 Å². The van der Waals surface area contributed by atoms with Gasteiger partial charge >= 0.3 is 6.09 Å². The minimum absolute atomic E-state index is 0.00195. The number of benzene rings is 2. The van der Waals surface area contributed by atoms with Crippen molar-refractivity contribution in [1.82, 2.24) is 25.5 Å². The third-order valence-electron chi connectivity index (χ3n) is 6.63. The van der Waals surface area contributed by atoms with Gasteiger partial charge in [-0.1, -0.05) is 41.5 Å². The molecule has 1 saturated heterocycles. The maximum Gasteiger partial charge on any atom is 0.407 e. The molecule has 0 unspecified atom stereocenters. The predicted molar refractivity (Wildman–Crippen MR) is 124 cm³/mol. The van der Waals surface area contributed by atoms with Crippen LogP contribution in [-0.4, -0.2) is 53.6 Å². The quantitative estimate of drug-likeness (QED) is 0.596. The fourth-order valence-corrected chi connectivity index (χ4v) is 6.49. The highest BCUT2D eigenvalue weighted by Gasteiger charge is 2.30. The second-order valence-corrected chi connectivity index (χ2v) is 10.9. The van der Waals surface area contributed by atoms with E-state index in [0.29, 0.717) is 25.3 Å². The van der Waals surface area contributed by atoms with Gasteiger partial charge in [0, 0.05) is 12.5 Å². The van der Waals surface area contributed by atoms with Crippen LogP contribution in [0.4, 0.5) is 4.79 Å². The number of aromatic nitrogens is 4. The van der Waals surface area contributed by atoms with E-state index in [4.69, 9.17) is 4.74 Å². The Morgan fingerprint density at radius 2 is 1.94 bits per heavy atom. The molecule has 0 spiro atoms. The Kier molecular flexibility index (Phi) is 6.32. The highest BCUT2D eigenvalue weighted by molar-refractivity contribution is 7.91. The zero-order valence-electron chi connectivity index (χ0n) is 18.8. The predicted octanol–water partition coefficient (Wildman–Crippen LogP) is 2.84. The minimum atomic E-state index is -3.66. The van der Waals surface area contributed by atoms with Gasteiger partial charge < -0.3 is 10.1 Å². The monoisotopic (exact) mass is 481 g/mol. The van der Waals surface area contributed by atoms with Crippen molar-refractivity contribution in [2.75, 3.05) is 18.9 Å². The number of carbonyl (C=O) groups excluding carboxylic acids is 1. The second-order valence-electron chi connectivity index (χ2n) is 8.98. The van der Waals surface area contributed by atoms with Crippen LogP contribution in [0.1, 0.15) is 41.9 Å². The fraction of sp³-hybridized carbons (Fsp3) is 0.417. The molecule has 1 aromatic heterocycles. The van der Waals surface area contributed by atoms with Crippen LogP contribution in [0.2, 0.25) is 0 Å². The summed E-state index contributed by atoms with van der Waals surface area (Å²) in [6, 6.07) is 15.5. The Morgan fingerprint density at radius 3 is 2.79 bits per heavy atom. The molecule has 2 heterocycles. The van der Waals surface area contributed by atoms with Crippen LogP contribution in [0.25, 0.3) is 5.69 Å². The van der Waals surface area contributed by atoms with Gasteiger partial charge in [0.15, 0.2) is 0 Å². The molecule has 1 aliphatic heterocycles. The van der Waals surface area contributed by atoms with Crippen molar-refractivity contribution in [3.63, 3.8) is 0 Å². The average molecular weight is 482 g/mol. The molecule has 2 aromatic carbocycles. The van der Waals surface area contributed by atoms with Crippen molar-refractivity contribution in [3.05, 3.63) is 65.2 Å². The largest absolute Gasteiger partial charge is 0.450 e. The van der Waals surface area contributed by atoms with E-state index in [9.17, 15) is 13.2 Å². The summed E-state index contributed by atoms with van der Waals surface area (Å²) in [4.78, 5) is 11.6. The maximum atomic E-state index is 13.2. The van der Waals surface area contributed by atoms with E-state index in [1.54, 1.807) is 12.1 Å². The number of fused-ring (bicyclic) bond motifs is 1. The van der Waals surface area contributed by atoms with E-state index in [1.165, 1.54) is 21.4 Å². The van der Waals surface area contributed by atoms with E-state index >= 15 is 0 Å². The number of para-hydroxylation sites is 1. The highest BCUT2D eigenvalue weighted by atomic mass is 32.2. The number of carbonyl (C=O) groups is 1. The number of tetrazole rings is 1. The van der Waals surface area contributed by atoms with Crippen LogP contribution in [0.15, 0.2) is 53.7 Å². The van der Waals surface area contributed by atoms with Crippen molar-refractivity contribution in [1.29, 1.82) is 0 Å². The molecule has 0 radical (unpaired) electrons. The molecule has 2 atom stereocenters. The number of nitrogens with one attached hydrogen (secondary N) is 1. The molecule has 178 valence electrons. The number of cyclic esters (lactones) is 1. The number of ether oxygens (including phenoxy) is 1. The molecule has 0 bridgehead atoms. The Labute approximate surface area is 198 Å². The van der Waals surface area contributed by atoms with E-state index in [0.717, 1.165) is 25.7 Å². The van der Waals surface area contributed by atoms with E-state index in [1.807, 2.05) is 18.2 Å². The Morgan fingerprint density at radius 1 is 1.09 bits per heavy atom. The van der Waals surface area contributed by atoms with Crippen LogP contribution in [0, 0.1) is 5.92 Å². The number of amides is 1. The normalized spacial score (nSPS) is 21.0. The van der Waals surface area contributed by atoms with Crippen LogP contribution in [-0.2, 0) is 27.4 Å². The summed E-state index contributed by atoms with van der Waals surface area (Å²) < 4.78 is 32.8. The molecule has 9 nitrogen and oxygen atoms in total. The summed E-state index contributed by atoms with van der Waals surface area (Å²) in [5.74, 6) is 0.269. The Bertz CT molecular complexity index is 1280. The van der Waals surface area contributed by atoms with Crippen molar-refractivity contribution in [3.8, 4) is 5.69 Å². The number of alkyl carbamates (subject to hydrolysis) is 1. The van der Waals surface area contributed by atoms with Gasteiger partial charge in [-0.2, -0.15) is 4.68 Å². The van der Waals surface area contributed by atoms with Crippen molar-refractivity contribution >= 4 is 15.9 Å². The average Bonchev–Trinajstić information content (AvgIpc) is 3.33. The molecule has 1 amide bonds. The third-order valence-corrected chi connectivity index (χ3v) is 8.35. The van der Waals surface area contributed by atoms with Crippen molar-refractivity contribution < 1.29 is 17.9 Å². The SMILES string of the molecule is O=C1NC[C@@H](c2ccc3c(c2)CC[C@@H](CS(=O)(=O)c2nnnn2-c2ccccc2)C3)CCCO1. The molecule has 10 heteroatoms. The Balaban J connectivity index is 1.29. The number of aryl methyl sites for hydroxylation is 1. The van der Waals surface area contributed by atoms with Crippen LogP contribution in [0.5, 0.6) is 0 Å². The molecular formula is C24H27N5O4S. The van der Waals surface area contributed by atoms with E-state index in [-0.39, 0.29) is 28.8 Å². The van der Waals surface area contributed by atoms with Gasteiger partial charge in [0.1, 0.15) is 0 Å². The first-order valence-corrected chi connectivity index (χ1v) is 13.2. The lowest BCUT2D eigenvalue weighted by molar-refractivity contribution is 0.136. The van der Waals surface area contributed by atoms with Crippen molar-refractivity contribution in [2.24, 2.45) is 5.92 Å². The highest BCUT2D eigenvalue weighted by Crippen LogP contribution is 2.31. The molecule has 2 aliphatic rings. The summed E-state index contributed by atoms with van der Waals surface area (Å²) in [7, 11) is -3.66. The maximum absolute atomic E-state index is 13.2. The van der Waals surface area contributed by atoms with Gasteiger partial charge in [-0.05, 0) is 77.3 Å². The molecule has 1 N–H and O–H groups in total. The van der Waals surface area contributed by atoms with Crippen LogP contribution in [0.3, 0.4) is 0 Å². The molecule has 1 aliphatic carbocycles. The number of nitrogens with zero attached hydrogens (tertiary/aromatic N) is 4. The lowest BCUT2D eigenvalue weighted by Gasteiger charge is -2.27. The van der Waals surface area contributed by atoms with Crippen LogP contribution < -0.4 is 5.32 Å². The van der Waals surface area contributed by atoms with E-state index in [2.05, 4.69) is 39.0 Å². The third kappa shape index (κ3) is 4.82. The van der Waals surface area contributed by atoms with Gasteiger partial charge in [0.05, 0.1) is 18.0 Å². The first-order valence-electron chi connectivity index (χ1n) is 11.6. The lowest BCUT2D eigenvalue weighted by Crippen LogP contribution is -2.31. The van der Waals surface area contributed by atoms with Gasteiger partial charge in [0.25, 0.3) is 5.16 Å². The summed E-state index contributed by atoms with van der Waals surface area (Å²) in [6.45, 7) is 1.01. The molecule has 5 rings (SSSR count). The summed E-state index contributed by atoms with van der Waals surface area (Å²) in [5, 5.41) is 14.1. The van der Waals surface area contributed by atoms with Gasteiger partial charge in [-0.15, -0.1) is 0 Å². The lowest BCUT2D eigenvalue weighted by atomic mass is 9.82. The second kappa shape index (κ2) is 9.54. The van der Waals surface area contributed by atoms with E-state index < -0.39 is 9.84 Å². The zero-order valence-corrected chi connectivity index (χ0v) is 19.6. The topological polar surface area (TPSA) is 116 Å². The summed E-state index contributed by atoms with van der Waals surface area (Å²) in [6.07, 6.45) is 3.77. The van der Waals surface area contributed by atoms with Gasteiger partial charge in [-0.25, -0.2) is 13.2 Å². The molecular weight excluding hydrogens is 454 g/mol. The van der Waals surface area contributed by atoms with Crippen LogP contribution >= 0.6 is 0 Å². The molecule has 34 heavy (non-hydrogen) atoms. The fourth-order valence-electron chi connectivity index (χ4n) is 4.87. The molecule has 0 saturated carbocycles. The number of hydrogen-bond acceptors (Lipinski definition) is 7. The standard InChI is InChI=1S/C24H27N5O4S/c30-24-25-15-21(5-4-12-33-24)20-11-10-18-13-17(8-9-19(18)14-20)16-34(31,32)23-26-27-28-29(23)22-6-2-1-3-7-22/h1-3,6-7,10-11,14,17,21H,4-5,8-9,12-13,15-16H2,(H,25,30)/t17-,21+/m1/s1. The smallest absolute Gasteiger partial charge is 0.407 e. The summed E-state index contributed by atoms with van der Waals surface area (Å²) in [5.41, 5.74) is 4.29. The zero-order chi connectivity index (χ0) is 23.5. The van der Waals surface area contributed by atoms with Crippen molar-refractivity contribution in [2.45, 2.75) is 43.2 Å². The summed E-state index contributed by atoms with van der Waals surface area (Å²) >= 11 is 0. The minimum Gasteiger partial charge on any atom is -0.450 e. The first kappa shape index (κ1) is 22.5. The molecule has 1 fully saturated rings. The number of hydrogen-bond donors (Lipinski definition) is 1. The number of sulfone groups is 1. The number of rotatable bonds is 5. The molecule has 3 aromatic rings. The Hall–Kier alpha value is -3.27. The first-order chi connectivity index (χ1) is 16.5. The van der Waals surface area contributed by atoms with Gasteiger partial charge in [-0.3, -0.25) is 0 Å².